The lowest BCUT2D eigenvalue weighted by Crippen LogP contribution is -2.47. The van der Waals surface area contributed by atoms with Gasteiger partial charge in [-0.25, -0.2) is 18.1 Å². The highest BCUT2D eigenvalue weighted by Gasteiger charge is 2.34. The van der Waals surface area contributed by atoms with Gasteiger partial charge >= 0.3 is 0 Å². The van der Waals surface area contributed by atoms with E-state index in [-0.39, 0.29) is 46.8 Å². The number of sulfonamides is 1. The maximum Gasteiger partial charge on any atom is 0.277 e. The average Bonchev–Trinajstić information content (AvgIpc) is 3.75. The van der Waals surface area contributed by atoms with E-state index in [1.165, 1.54) is 29.0 Å². The number of aromatic amines is 1. The number of piperazine rings is 1. The normalized spacial score (nSPS) is 20.6. The average molecular weight is 925 g/mol. The van der Waals surface area contributed by atoms with Gasteiger partial charge in [0.2, 0.25) is 0 Å². The smallest absolute Gasteiger partial charge is 0.277 e. The molecule has 0 saturated carbocycles. The third kappa shape index (κ3) is 10.2. The number of H-pyrrole nitrogens is 1. The molecule has 0 unspecified atom stereocenters. The van der Waals surface area contributed by atoms with Crippen molar-refractivity contribution in [3.8, 4) is 17.2 Å². The summed E-state index contributed by atoms with van der Waals surface area (Å²) in [6.07, 6.45) is 6.91. The van der Waals surface area contributed by atoms with E-state index in [1.807, 2.05) is 25.1 Å². The van der Waals surface area contributed by atoms with Crippen LogP contribution in [0.3, 0.4) is 0 Å². The Morgan fingerprint density at radius 2 is 1.85 bits per heavy atom. The Bertz CT molecular complexity index is 2750. The molecule has 342 valence electrons. The molecule has 65 heavy (non-hydrogen) atoms. The highest BCUT2D eigenvalue weighted by Crippen LogP contribution is 2.44. The molecule has 2 saturated heterocycles. The highest BCUT2D eigenvalue weighted by molar-refractivity contribution is 7.90. The number of allylic oxidation sites excluding steroid dienone is 1. The van der Waals surface area contributed by atoms with Crippen molar-refractivity contribution in [1.82, 2.24) is 24.5 Å². The van der Waals surface area contributed by atoms with E-state index < -0.39 is 25.7 Å². The molecule has 17 heteroatoms. The Labute approximate surface area is 383 Å². The predicted octanol–water partition coefficient (Wildman–Crippen LogP) is 8.09. The molecule has 4 aliphatic rings. The minimum Gasteiger partial charge on any atom is -0.493 e. The number of amides is 1. The molecule has 2 aromatic heterocycles. The first-order valence-corrected chi connectivity index (χ1v) is 24.1. The topological polar surface area (TPSA) is 172 Å². The number of aromatic nitrogens is 2. The Morgan fingerprint density at radius 3 is 2.62 bits per heavy atom. The Balaban J connectivity index is 0.935. The van der Waals surface area contributed by atoms with E-state index in [9.17, 15) is 23.3 Å². The molecule has 0 radical (unpaired) electrons. The van der Waals surface area contributed by atoms with Crippen LogP contribution in [0.4, 0.5) is 11.4 Å². The second-order valence-electron chi connectivity index (χ2n) is 18.5. The van der Waals surface area contributed by atoms with Gasteiger partial charge in [0.15, 0.2) is 0 Å². The Hall–Kier alpha value is -5.52. The number of morpholine rings is 1. The van der Waals surface area contributed by atoms with Crippen molar-refractivity contribution in [2.24, 2.45) is 11.3 Å². The van der Waals surface area contributed by atoms with Crippen molar-refractivity contribution in [2.45, 2.75) is 57.5 Å². The standard InChI is InChI=1S/C48H54ClN7O8S/c1-31-27-54(18-19-62-31)28-32-20-41-43(56(58)59)23-39(24-44(41)63-30-32)65(60,61)52-47(57)40-9-8-37(22-45(40)64-38-21-34-11-13-50-46(34)51-26-38)55-16-14-53(15-17-55)29-35-10-12-48(2,3)25-42(35)33-4-6-36(49)7-5-33/h4-9,11,13,21-24,26,31-32H,10,12,14-20,25,27-30H2,1-3H3,(H,50,51)(H,52,57)/t31-,32-/m0/s1. The predicted molar refractivity (Wildman–Crippen MR) is 250 cm³/mol. The lowest BCUT2D eigenvalue weighted by molar-refractivity contribution is -0.386. The van der Waals surface area contributed by atoms with Crippen LogP contribution in [0.2, 0.25) is 5.02 Å². The lowest BCUT2D eigenvalue weighted by Gasteiger charge is -2.39. The number of halogens is 1. The summed E-state index contributed by atoms with van der Waals surface area (Å²) in [5.74, 6) is -0.416. The van der Waals surface area contributed by atoms with Gasteiger partial charge in [-0.1, -0.05) is 43.2 Å². The van der Waals surface area contributed by atoms with Crippen LogP contribution < -0.4 is 19.1 Å². The number of fused-ring (bicyclic) bond motifs is 2. The molecular weight excluding hydrogens is 870 g/mol. The molecule has 0 spiro atoms. The molecule has 5 aromatic rings. The fraction of sp³-hybridized carbons (Fsp3) is 0.417. The Morgan fingerprint density at radius 1 is 1.05 bits per heavy atom. The summed E-state index contributed by atoms with van der Waals surface area (Å²) in [5.41, 5.74) is 5.70. The molecule has 2 fully saturated rings. The maximum atomic E-state index is 14.1. The van der Waals surface area contributed by atoms with Crippen molar-refractivity contribution in [1.29, 1.82) is 0 Å². The van der Waals surface area contributed by atoms with E-state index in [2.05, 4.69) is 55.4 Å². The van der Waals surface area contributed by atoms with Crippen molar-refractivity contribution in [3.63, 3.8) is 0 Å². The van der Waals surface area contributed by atoms with Gasteiger partial charge in [0.25, 0.3) is 21.6 Å². The van der Waals surface area contributed by atoms with Crippen molar-refractivity contribution < 1.29 is 32.3 Å². The van der Waals surface area contributed by atoms with Crippen LogP contribution in [-0.4, -0.2) is 111 Å². The highest BCUT2D eigenvalue weighted by atomic mass is 35.5. The summed E-state index contributed by atoms with van der Waals surface area (Å²) in [6.45, 7) is 13.7. The molecule has 9 rings (SSSR count). The van der Waals surface area contributed by atoms with Gasteiger partial charge in [-0.2, -0.15) is 0 Å². The number of hydrogen-bond donors (Lipinski definition) is 2. The lowest BCUT2D eigenvalue weighted by atomic mass is 9.72. The SMILES string of the molecule is C[C@H]1CN(C[C@H]2COc3cc(S(=O)(=O)NC(=O)c4ccc(N5CCN(CC6=C(c7ccc(Cl)cc7)CC(C)(C)CC6)CC5)cc4Oc4cnc5[nH]ccc5c4)cc([N+](=O)[O-])c3C2)CCO1. The van der Waals surface area contributed by atoms with E-state index >= 15 is 0 Å². The minimum absolute atomic E-state index is 0.0342. The van der Waals surface area contributed by atoms with Crippen molar-refractivity contribution >= 4 is 55.5 Å². The number of nitro benzene ring substituents is 1. The number of rotatable bonds is 12. The third-order valence-corrected chi connectivity index (χ3v) is 14.6. The first-order valence-electron chi connectivity index (χ1n) is 22.2. The van der Waals surface area contributed by atoms with Crippen molar-refractivity contribution in [3.05, 3.63) is 117 Å². The van der Waals surface area contributed by atoms with Crippen LogP contribution >= 0.6 is 11.6 Å². The number of carbonyl (C=O) groups excluding carboxylic acids is 1. The molecule has 15 nitrogen and oxygen atoms in total. The van der Waals surface area contributed by atoms with Crippen LogP contribution in [0.25, 0.3) is 16.6 Å². The van der Waals surface area contributed by atoms with Crippen LogP contribution in [0.5, 0.6) is 17.2 Å². The number of nitrogens with one attached hydrogen (secondary N) is 2. The second kappa shape index (κ2) is 18.4. The first-order chi connectivity index (χ1) is 31.2. The number of carbonyl (C=O) groups is 1. The largest absolute Gasteiger partial charge is 0.493 e. The summed E-state index contributed by atoms with van der Waals surface area (Å²) >= 11 is 6.25. The zero-order valence-electron chi connectivity index (χ0n) is 36.8. The number of nitrogens with zero attached hydrogens (tertiary/aromatic N) is 5. The number of anilines is 1. The summed E-state index contributed by atoms with van der Waals surface area (Å²) in [6, 6.07) is 19.1. The number of hydrogen-bond acceptors (Lipinski definition) is 12. The molecule has 5 heterocycles. The molecule has 0 bridgehead atoms. The van der Waals surface area contributed by atoms with Gasteiger partial charge in [-0.05, 0) is 85.6 Å². The molecule has 1 aliphatic carbocycles. The molecular formula is C48H54ClN7O8S. The molecule has 2 N–H and O–H groups in total. The summed E-state index contributed by atoms with van der Waals surface area (Å²) < 4.78 is 48.1. The van der Waals surface area contributed by atoms with Crippen LogP contribution in [0.1, 0.15) is 61.5 Å². The van der Waals surface area contributed by atoms with Gasteiger partial charge in [0.1, 0.15) is 22.9 Å². The van der Waals surface area contributed by atoms with Gasteiger partial charge in [-0.3, -0.25) is 24.7 Å². The molecule has 1 amide bonds. The number of benzene rings is 3. The third-order valence-electron chi connectivity index (χ3n) is 13.0. The number of pyridine rings is 1. The summed E-state index contributed by atoms with van der Waals surface area (Å²) in [7, 11) is -4.63. The van der Waals surface area contributed by atoms with E-state index in [4.69, 9.17) is 25.8 Å². The van der Waals surface area contributed by atoms with Gasteiger partial charge in [0, 0.05) is 98.8 Å². The van der Waals surface area contributed by atoms with E-state index in [0.29, 0.717) is 36.5 Å². The van der Waals surface area contributed by atoms with Gasteiger partial charge in [0.05, 0.1) is 46.5 Å². The summed E-state index contributed by atoms with van der Waals surface area (Å²) in [4.78, 5) is 39.9. The molecule has 2 atom stereocenters. The maximum absolute atomic E-state index is 14.1. The van der Waals surface area contributed by atoms with E-state index in [1.54, 1.807) is 30.5 Å². The quantitative estimate of drug-likeness (QED) is 0.0912. The fourth-order valence-electron chi connectivity index (χ4n) is 9.57. The summed E-state index contributed by atoms with van der Waals surface area (Å²) in [5, 5.41) is 13.9. The molecule has 3 aliphatic heterocycles. The van der Waals surface area contributed by atoms with E-state index in [0.717, 1.165) is 87.2 Å². The van der Waals surface area contributed by atoms with Gasteiger partial charge in [-0.15, -0.1) is 0 Å². The van der Waals surface area contributed by atoms with Crippen LogP contribution in [-0.2, 0) is 21.2 Å². The first kappa shape index (κ1) is 44.7. The van der Waals surface area contributed by atoms with Crippen LogP contribution in [0.15, 0.2) is 89.6 Å². The zero-order chi connectivity index (χ0) is 45.5. The fourth-order valence-corrected chi connectivity index (χ4v) is 10.7. The Kier molecular flexibility index (Phi) is 12.6. The monoisotopic (exact) mass is 923 g/mol. The molecule has 3 aromatic carbocycles. The van der Waals surface area contributed by atoms with Crippen LogP contribution in [0, 0.1) is 21.4 Å². The van der Waals surface area contributed by atoms with Crippen molar-refractivity contribution in [2.75, 3.05) is 70.5 Å². The number of nitro groups is 1. The number of ether oxygens (including phenoxy) is 3. The van der Waals surface area contributed by atoms with Gasteiger partial charge < -0.3 is 24.1 Å². The minimum atomic E-state index is -4.63. The zero-order valence-corrected chi connectivity index (χ0v) is 38.4. The second-order valence-corrected chi connectivity index (χ2v) is 20.6.